The minimum absolute atomic E-state index is 0.0481. The van der Waals surface area contributed by atoms with Gasteiger partial charge in [-0.25, -0.2) is 0 Å². The van der Waals surface area contributed by atoms with Crippen LogP contribution in [0.4, 0.5) is 28.4 Å². The summed E-state index contributed by atoms with van der Waals surface area (Å²) in [5, 5.41) is 2.70. The van der Waals surface area contributed by atoms with Crippen molar-refractivity contribution in [2.24, 2.45) is 0 Å². The van der Waals surface area contributed by atoms with Crippen LogP contribution in [0, 0.1) is 0 Å². The van der Waals surface area contributed by atoms with E-state index >= 15 is 0 Å². The van der Waals surface area contributed by atoms with Gasteiger partial charge in [-0.3, -0.25) is 0 Å². The topological polar surface area (TPSA) is 11.4 Å². The van der Waals surface area contributed by atoms with Gasteiger partial charge in [-0.1, -0.05) is 159 Å². The van der Waals surface area contributed by atoms with Crippen molar-refractivity contribution in [1.29, 1.82) is 0 Å². The van der Waals surface area contributed by atoms with Crippen LogP contribution >= 0.6 is 0 Å². The number of nitrogens with zero attached hydrogens (tertiary/aromatic N) is 3. The number of rotatable bonds is 4. The Labute approximate surface area is 372 Å². The number of aromatic nitrogens is 1. The van der Waals surface area contributed by atoms with E-state index in [0.29, 0.717) is 0 Å². The molecule has 3 aliphatic rings. The van der Waals surface area contributed by atoms with Crippen molar-refractivity contribution in [3.8, 4) is 27.9 Å². The number of fused-ring (bicyclic) bond motifs is 13. The molecule has 0 fully saturated rings. The molecule has 1 aliphatic carbocycles. The third-order valence-corrected chi connectivity index (χ3v) is 14.4. The highest BCUT2D eigenvalue weighted by Crippen LogP contribution is 2.59. The lowest BCUT2D eigenvalue weighted by atomic mass is 9.43. The molecule has 306 valence electrons. The Morgan fingerprint density at radius 2 is 1.11 bits per heavy atom. The van der Waals surface area contributed by atoms with Gasteiger partial charge in [0.1, 0.15) is 0 Å². The Morgan fingerprint density at radius 1 is 0.524 bits per heavy atom. The second-order valence-electron chi connectivity index (χ2n) is 20.6. The van der Waals surface area contributed by atoms with Crippen LogP contribution < -0.4 is 20.6 Å². The molecule has 0 saturated carbocycles. The van der Waals surface area contributed by atoms with Gasteiger partial charge in [0.05, 0.1) is 11.0 Å². The van der Waals surface area contributed by atoms with Crippen molar-refractivity contribution in [2.45, 2.75) is 71.6 Å². The number of benzene rings is 8. The average molecular weight is 814 g/mol. The van der Waals surface area contributed by atoms with E-state index < -0.39 is 0 Å². The first-order valence-electron chi connectivity index (χ1n) is 22.6. The molecule has 0 saturated heterocycles. The quantitative estimate of drug-likeness (QED) is 0.164. The summed E-state index contributed by atoms with van der Waals surface area (Å²) in [6.07, 6.45) is 0. The molecule has 1 aromatic heterocycles. The molecule has 0 N–H and O–H groups in total. The molecule has 0 unspecified atom stereocenters. The maximum atomic E-state index is 2.64. The van der Waals surface area contributed by atoms with E-state index in [2.05, 4.69) is 240 Å². The average Bonchev–Trinajstić information content (AvgIpc) is 3.75. The van der Waals surface area contributed by atoms with Gasteiger partial charge in [0.25, 0.3) is 0 Å². The van der Waals surface area contributed by atoms with Crippen molar-refractivity contribution in [1.82, 2.24) is 4.57 Å². The summed E-state index contributed by atoms with van der Waals surface area (Å²) in [6.45, 7) is 18.6. The molecule has 8 aromatic carbocycles. The molecule has 0 radical (unpaired) electrons. The van der Waals surface area contributed by atoms with Crippen LogP contribution in [0.2, 0.25) is 0 Å². The number of hydrogen-bond acceptors (Lipinski definition) is 2. The lowest BCUT2D eigenvalue weighted by Crippen LogP contribution is -2.60. The van der Waals surface area contributed by atoms with Crippen LogP contribution in [-0.4, -0.2) is 11.4 Å². The second kappa shape index (κ2) is 13.1. The molecule has 3 heterocycles. The van der Waals surface area contributed by atoms with Crippen molar-refractivity contribution in [3.63, 3.8) is 0 Å². The lowest BCUT2D eigenvalue weighted by molar-refractivity contribution is 0.590. The van der Waals surface area contributed by atoms with E-state index in [1.54, 1.807) is 0 Å². The SMILES string of the molecule is CC(C)(C)c1ccc(N(c2ccc(C(C)(C)C)cc2)c2ccc3c(c2)-c2c4c(c5c6ccccc6n6c5c2B(c2ccccc2-6)N3c2ccccc2)C(C)(C)c2ccccc2-4)cc1. The Bertz CT molecular complexity index is 3270. The normalized spacial score (nSPS) is 14.4. The monoisotopic (exact) mass is 813 g/mol. The van der Waals surface area contributed by atoms with E-state index in [1.807, 2.05) is 0 Å². The summed E-state index contributed by atoms with van der Waals surface area (Å²) < 4.78 is 2.60. The zero-order valence-electron chi connectivity index (χ0n) is 37.6. The molecular weight excluding hydrogens is 761 g/mol. The van der Waals surface area contributed by atoms with Crippen LogP contribution in [0.1, 0.15) is 77.6 Å². The minimum atomic E-state index is -0.230. The minimum Gasteiger partial charge on any atom is -0.376 e. The number of hydrogen-bond donors (Lipinski definition) is 0. The first-order chi connectivity index (χ1) is 30.3. The smallest absolute Gasteiger partial charge is 0.333 e. The van der Waals surface area contributed by atoms with E-state index in [-0.39, 0.29) is 23.1 Å². The summed E-state index contributed by atoms with van der Waals surface area (Å²) in [5.41, 5.74) is 23.0. The zero-order chi connectivity index (χ0) is 43.2. The van der Waals surface area contributed by atoms with E-state index in [1.165, 1.54) is 94.3 Å². The van der Waals surface area contributed by atoms with Gasteiger partial charge in [0, 0.05) is 55.9 Å². The molecule has 12 rings (SSSR count). The van der Waals surface area contributed by atoms with Crippen LogP contribution in [-0.2, 0) is 16.2 Å². The van der Waals surface area contributed by atoms with Gasteiger partial charge in [0.2, 0.25) is 0 Å². The van der Waals surface area contributed by atoms with Gasteiger partial charge in [-0.15, -0.1) is 0 Å². The Balaban J connectivity index is 1.23. The Kier molecular flexibility index (Phi) is 7.91. The largest absolute Gasteiger partial charge is 0.376 e. The van der Waals surface area contributed by atoms with Crippen LogP contribution in [0.5, 0.6) is 0 Å². The molecule has 0 atom stereocenters. The molecule has 63 heavy (non-hydrogen) atoms. The molecule has 0 amide bonds. The van der Waals surface area contributed by atoms with Crippen molar-refractivity contribution >= 4 is 68.0 Å². The third-order valence-electron chi connectivity index (χ3n) is 14.4. The van der Waals surface area contributed by atoms with Gasteiger partial charge < -0.3 is 14.3 Å². The van der Waals surface area contributed by atoms with Gasteiger partial charge in [-0.05, 0) is 127 Å². The lowest BCUT2D eigenvalue weighted by Gasteiger charge is -2.43. The standard InChI is InChI=1S/C59H52BN3/c1-57(2,3)37-26-30-39(31-27-37)61(40-32-28-38(29-33-40)58(4,5)6)42-34-35-49-45(36-42)52-51-43-20-12-14-22-46(43)59(7,8)54(51)53-44-21-13-16-24-48(44)62-50-25-17-15-23-47(50)60(55(52)56(53)62)63(49)41-18-10-9-11-19-41/h9-36H,1-8H3. The van der Waals surface area contributed by atoms with E-state index in [4.69, 9.17) is 0 Å². The van der Waals surface area contributed by atoms with Crippen molar-refractivity contribution < 1.29 is 0 Å². The predicted molar refractivity (Wildman–Crippen MR) is 269 cm³/mol. The predicted octanol–water partition coefficient (Wildman–Crippen LogP) is 14.4. The maximum absolute atomic E-state index is 2.64. The van der Waals surface area contributed by atoms with Gasteiger partial charge in [0.15, 0.2) is 0 Å². The van der Waals surface area contributed by atoms with Crippen LogP contribution in [0.15, 0.2) is 170 Å². The molecular formula is C59H52BN3. The van der Waals surface area contributed by atoms with E-state index in [9.17, 15) is 0 Å². The number of anilines is 5. The first-order valence-corrected chi connectivity index (χ1v) is 22.6. The fourth-order valence-electron chi connectivity index (χ4n) is 11.4. The first kappa shape index (κ1) is 37.9. The van der Waals surface area contributed by atoms with E-state index in [0.717, 1.165) is 17.1 Å². The van der Waals surface area contributed by atoms with Crippen molar-refractivity contribution in [2.75, 3.05) is 9.71 Å². The summed E-state index contributed by atoms with van der Waals surface area (Å²) in [7, 11) is 0. The van der Waals surface area contributed by atoms with Crippen LogP contribution in [0.3, 0.4) is 0 Å². The van der Waals surface area contributed by atoms with Crippen LogP contribution in [0.25, 0.3) is 49.7 Å². The highest BCUT2D eigenvalue weighted by molar-refractivity contribution is 6.94. The molecule has 2 aliphatic heterocycles. The fourth-order valence-corrected chi connectivity index (χ4v) is 11.4. The summed E-state index contributed by atoms with van der Waals surface area (Å²) >= 11 is 0. The second-order valence-corrected chi connectivity index (χ2v) is 20.6. The summed E-state index contributed by atoms with van der Waals surface area (Å²) in [6, 6.07) is 64.4. The molecule has 3 nitrogen and oxygen atoms in total. The Morgan fingerprint density at radius 3 is 1.79 bits per heavy atom. The summed E-state index contributed by atoms with van der Waals surface area (Å²) in [4.78, 5) is 5.10. The van der Waals surface area contributed by atoms with Crippen molar-refractivity contribution in [3.05, 3.63) is 192 Å². The highest BCUT2D eigenvalue weighted by Gasteiger charge is 2.49. The van der Waals surface area contributed by atoms with Gasteiger partial charge >= 0.3 is 6.85 Å². The van der Waals surface area contributed by atoms with Gasteiger partial charge in [-0.2, -0.15) is 0 Å². The maximum Gasteiger partial charge on any atom is 0.333 e. The molecule has 9 aromatic rings. The zero-order valence-corrected chi connectivity index (χ0v) is 37.6. The molecule has 4 heteroatoms. The Hall–Kier alpha value is -6.78. The summed E-state index contributed by atoms with van der Waals surface area (Å²) in [5.74, 6) is 0. The number of para-hydroxylation sites is 3. The highest BCUT2D eigenvalue weighted by atomic mass is 15.1. The molecule has 0 spiro atoms. The fraction of sp³-hybridized carbons (Fsp3) is 0.186. The third kappa shape index (κ3) is 5.34. The molecule has 0 bridgehead atoms.